The number of nitrogens with zero attached hydrogens (tertiary/aromatic N) is 1. The number of likely N-dealkylation sites (tertiary alicyclic amines) is 1. The van der Waals surface area contributed by atoms with Crippen LogP contribution >= 0.6 is 0 Å². The second kappa shape index (κ2) is 7.63. The zero-order valence-corrected chi connectivity index (χ0v) is 13.5. The lowest BCUT2D eigenvalue weighted by atomic mass is 9.90. The standard InChI is InChI=1S/C15H24N2O6/c1-9-3-4-11(14(19)20)17(9)13(18)12(16-15(21)22-2)10-5-7-23-8-6-10/h9-12H,3-8H2,1-2H3,(H,16,21)(H,19,20). The van der Waals surface area contributed by atoms with Gasteiger partial charge in [-0.05, 0) is 38.5 Å². The fourth-order valence-electron chi connectivity index (χ4n) is 3.37. The highest BCUT2D eigenvalue weighted by Crippen LogP contribution is 2.28. The topological polar surface area (TPSA) is 105 Å². The molecule has 3 unspecified atom stereocenters. The van der Waals surface area contributed by atoms with E-state index in [0.29, 0.717) is 38.9 Å². The zero-order valence-electron chi connectivity index (χ0n) is 13.5. The number of nitrogens with one attached hydrogen (secondary N) is 1. The van der Waals surface area contributed by atoms with E-state index in [-0.39, 0.29) is 17.9 Å². The van der Waals surface area contributed by atoms with E-state index in [9.17, 15) is 19.5 Å². The molecule has 0 bridgehead atoms. The highest BCUT2D eigenvalue weighted by molar-refractivity contribution is 5.90. The fourth-order valence-corrected chi connectivity index (χ4v) is 3.37. The summed E-state index contributed by atoms with van der Waals surface area (Å²) < 4.78 is 9.92. The Labute approximate surface area is 135 Å². The third-order valence-corrected chi connectivity index (χ3v) is 4.67. The molecule has 0 spiro atoms. The molecule has 130 valence electrons. The monoisotopic (exact) mass is 328 g/mol. The maximum absolute atomic E-state index is 13.0. The first-order valence-corrected chi connectivity index (χ1v) is 7.93. The Morgan fingerprint density at radius 2 is 1.87 bits per heavy atom. The van der Waals surface area contributed by atoms with Crippen LogP contribution in [0.2, 0.25) is 0 Å². The lowest BCUT2D eigenvalue weighted by Gasteiger charge is -2.35. The summed E-state index contributed by atoms with van der Waals surface area (Å²) in [7, 11) is 1.24. The van der Waals surface area contributed by atoms with Crippen LogP contribution in [-0.2, 0) is 19.1 Å². The van der Waals surface area contributed by atoms with Gasteiger partial charge in [-0.2, -0.15) is 0 Å². The Morgan fingerprint density at radius 1 is 1.22 bits per heavy atom. The van der Waals surface area contributed by atoms with Gasteiger partial charge < -0.3 is 24.8 Å². The summed E-state index contributed by atoms with van der Waals surface area (Å²) in [6, 6.07) is -1.78. The lowest BCUT2D eigenvalue weighted by Crippen LogP contribution is -2.56. The van der Waals surface area contributed by atoms with Gasteiger partial charge in [0.2, 0.25) is 5.91 Å². The lowest BCUT2D eigenvalue weighted by molar-refractivity contribution is -0.151. The van der Waals surface area contributed by atoms with Gasteiger partial charge in [0, 0.05) is 19.3 Å². The number of rotatable bonds is 4. The fraction of sp³-hybridized carbons (Fsp3) is 0.800. The molecule has 0 aromatic carbocycles. The first-order chi connectivity index (χ1) is 11.0. The van der Waals surface area contributed by atoms with Crippen LogP contribution in [0.1, 0.15) is 32.6 Å². The molecule has 0 aromatic heterocycles. The van der Waals surface area contributed by atoms with Gasteiger partial charge in [-0.25, -0.2) is 9.59 Å². The van der Waals surface area contributed by atoms with Crippen molar-refractivity contribution in [3.8, 4) is 0 Å². The predicted octanol–water partition coefficient (Wildman–Crippen LogP) is 0.602. The van der Waals surface area contributed by atoms with E-state index < -0.39 is 24.1 Å². The highest BCUT2D eigenvalue weighted by atomic mass is 16.5. The van der Waals surface area contributed by atoms with Crippen molar-refractivity contribution in [2.45, 2.75) is 50.7 Å². The minimum atomic E-state index is -1.01. The van der Waals surface area contributed by atoms with Crippen molar-refractivity contribution in [2.75, 3.05) is 20.3 Å². The SMILES string of the molecule is COC(=O)NC(C(=O)N1C(C)CCC1C(=O)O)C1CCOCC1. The Kier molecular flexibility index (Phi) is 5.81. The normalized spacial score (nSPS) is 26.6. The number of hydrogen-bond acceptors (Lipinski definition) is 5. The van der Waals surface area contributed by atoms with Gasteiger partial charge in [-0.3, -0.25) is 4.79 Å². The summed E-state index contributed by atoms with van der Waals surface area (Å²) in [4.78, 5) is 37.4. The number of carboxylic acids is 1. The van der Waals surface area contributed by atoms with Crippen molar-refractivity contribution >= 4 is 18.0 Å². The summed E-state index contributed by atoms with van der Waals surface area (Å²) >= 11 is 0. The van der Waals surface area contributed by atoms with E-state index in [1.807, 2.05) is 6.92 Å². The average molecular weight is 328 g/mol. The third kappa shape index (κ3) is 3.93. The van der Waals surface area contributed by atoms with E-state index in [2.05, 4.69) is 10.1 Å². The van der Waals surface area contributed by atoms with Gasteiger partial charge in [0.25, 0.3) is 0 Å². The zero-order chi connectivity index (χ0) is 17.0. The molecule has 2 aliphatic rings. The Bertz CT molecular complexity index is 463. The van der Waals surface area contributed by atoms with Crippen LogP contribution in [0.15, 0.2) is 0 Å². The Morgan fingerprint density at radius 3 is 2.43 bits per heavy atom. The molecule has 2 amide bonds. The smallest absolute Gasteiger partial charge is 0.407 e. The van der Waals surface area contributed by atoms with Crippen molar-refractivity contribution in [1.29, 1.82) is 0 Å². The summed E-state index contributed by atoms with van der Waals surface area (Å²) in [5, 5.41) is 11.9. The van der Waals surface area contributed by atoms with Gasteiger partial charge in [0.1, 0.15) is 12.1 Å². The molecule has 2 saturated heterocycles. The quantitative estimate of drug-likeness (QED) is 0.783. The molecule has 0 aromatic rings. The number of carbonyl (C=O) groups is 3. The minimum Gasteiger partial charge on any atom is -0.480 e. The molecular weight excluding hydrogens is 304 g/mol. The number of carboxylic acid groups (broad SMARTS) is 1. The molecule has 2 N–H and O–H groups in total. The van der Waals surface area contributed by atoms with Crippen LogP contribution in [0, 0.1) is 5.92 Å². The summed E-state index contributed by atoms with van der Waals surface area (Å²) in [6.07, 6.45) is 1.66. The Balaban J connectivity index is 2.20. The average Bonchev–Trinajstić information content (AvgIpc) is 2.94. The van der Waals surface area contributed by atoms with Gasteiger partial charge in [-0.1, -0.05) is 0 Å². The van der Waals surface area contributed by atoms with E-state index in [0.717, 1.165) is 0 Å². The first kappa shape index (κ1) is 17.5. The number of ether oxygens (including phenoxy) is 2. The van der Waals surface area contributed by atoms with E-state index in [4.69, 9.17) is 4.74 Å². The Hall–Kier alpha value is -1.83. The van der Waals surface area contributed by atoms with Crippen LogP contribution in [0.5, 0.6) is 0 Å². The van der Waals surface area contributed by atoms with Crippen LogP contribution in [0.3, 0.4) is 0 Å². The third-order valence-electron chi connectivity index (χ3n) is 4.67. The summed E-state index contributed by atoms with van der Waals surface area (Å²) in [6.45, 7) is 2.88. The molecular formula is C15H24N2O6. The number of alkyl carbamates (subject to hydrolysis) is 1. The molecule has 2 fully saturated rings. The highest BCUT2D eigenvalue weighted by Gasteiger charge is 2.43. The largest absolute Gasteiger partial charge is 0.480 e. The predicted molar refractivity (Wildman–Crippen MR) is 79.8 cm³/mol. The molecule has 8 heteroatoms. The molecule has 2 rings (SSSR count). The number of amides is 2. The maximum Gasteiger partial charge on any atom is 0.407 e. The van der Waals surface area contributed by atoms with Crippen LogP contribution in [-0.4, -0.2) is 66.4 Å². The van der Waals surface area contributed by atoms with Gasteiger partial charge in [0.15, 0.2) is 0 Å². The summed E-state index contributed by atoms with van der Waals surface area (Å²) in [5.41, 5.74) is 0. The molecule has 2 heterocycles. The number of methoxy groups -OCH3 is 1. The minimum absolute atomic E-state index is 0.0856. The first-order valence-electron chi connectivity index (χ1n) is 7.93. The molecule has 0 radical (unpaired) electrons. The van der Waals surface area contributed by atoms with E-state index in [1.54, 1.807) is 0 Å². The van der Waals surface area contributed by atoms with Crippen LogP contribution in [0.25, 0.3) is 0 Å². The van der Waals surface area contributed by atoms with Crippen molar-refractivity contribution in [1.82, 2.24) is 10.2 Å². The number of hydrogen-bond donors (Lipinski definition) is 2. The van der Waals surface area contributed by atoms with Crippen LogP contribution in [0.4, 0.5) is 4.79 Å². The summed E-state index contributed by atoms with van der Waals surface area (Å²) in [5.74, 6) is -1.44. The molecule has 2 aliphatic heterocycles. The second-order valence-corrected chi connectivity index (χ2v) is 6.09. The number of aliphatic carboxylic acids is 1. The second-order valence-electron chi connectivity index (χ2n) is 6.09. The van der Waals surface area contributed by atoms with Crippen molar-refractivity contribution in [2.24, 2.45) is 5.92 Å². The van der Waals surface area contributed by atoms with E-state index in [1.165, 1.54) is 12.0 Å². The van der Waals surface area contributed by atoms with E-state index >= 15 is 0 Å². The van der Waals surface area contributed by atoms with Gasteiger partial charge in [-0.15, -0.1) is 0 Å². The van der Waals surface area contributed by atoms with Crippen LogP contribution < -0.4 is 5.32 Å². The number of carbonyl (C=O) groups excluding carboxylic acids is 2. The molecule has 3 atom stereocenters. The molecule has 8 nitrogen and oxygen atoms in total. The van der Waals surface area contributed by atoms with Gasteiger partial charge >= 0.3 is 12.1 Å². The van der Waals surface area contributed by atoms with Crippen molar-refractivity contribution in [3.63, 3.8) is 0 Å². The van der Waals surface area contributed by atoms with Crippen molar-refractivity contribution < 1.29 is 29.0 Å². The molecule has 0 aliphatic carbocycles. The molecule has 23 heavy (non-hydrogen) atoms. The van der Waals surface area contributed by atoms with Crippen molar-refractivity contribution in [3.05, 3.63) is 0 Å². The molecule has 0 saturated carbocycles. The maximum atomic E-state index is 13.0. The van der Waals surface area contributed by atoms with Gasteiger partial charge in [0.05, 0.1) is 7.11 Å².